The number of pyridine rings is 1. The Morgan fingerprint density at radius 1 is 1.15 bits per heavy atom. The van der Waals surface area contributed by atoms with Gasteiger partial charge in [0.05, 0.1) is 11.6 Å². The molecule has 2 aromatic carbocycles. The topological polar surface area (TPSA) is 79.7 Å². The number of aliphatic hydroxyl groups excluding tert-OH is 1. The zero-order chi connectivity index (χ0) is 23.4. The highest BCUT2D eigenvalue weighted by molar-refractivity contribution is 6.46. The Bertz CT molecular complexity index is 1220. The van der Waals surface area contributed by atoms with E-state index < -0.39 is 23.5 Å². The number of rotatable bonds is 7. The number of carbonyl (C=O) groups excluding carboxylic acids is 2. The highest BCUT2D eigenvalue weighted by Crippen LogP contribution is 2.40. The molecule has 0 saturated carbocycles. The van der Waals surface area contributed by atoms with Crippen LogP contribution in [0.1, 0.15) is 22.7 Å². The normalized spacial score (nSPS) is 17.2. The molecule has 1 N–H and O–H groups in total. The quantitative estimate of drug-likeness (QED) is 0.253. The molecule has 7 heteroatoms. The van der Waals surface area contributed by atoms with Crippen LogP contribution in [0.2, 0.25) is 0 Å². The van der Waals surface area contributed by atoms with Gasteiger partial charge in [0.25, 0.3) is 11.7 Å². The number of Topliss-reactive ketones (excluding diaryl/α,β-unsaturated/α-hetero) is 1. The monoisotopic (exact) mass is 444 g/mol. The van der Waals surface area contributed by atoms with E-state index in [0.717, 1.165) is 0 Å². The fourth-order valence-electron chi connectivity index (χ4n) is 3.77. The van der Waals surface area contributed by atoms with Crippen molar-refractivity contribution >= 4 is 17.4 Å². The maximum atomic E-state index is 14.1. The van der Waals surface area contributed by atoms with Gasteiger partial charge in [0.15, 0.2) is 0 Å². The van der Waals surface area contributed by atoms with E-state index in [4.69, 9.17) is 4.74 Å². The van der Waals surface area contributed by atoms with Crippen LogP contribution < -0.4 is 4.74 Å². The number of likely N-dealkylation sites (tertiary alicyclic amines) is 1. The molecule has 2 heterocycles. The molecule has 0 aliphatic carbocycles. The highest BCUT2D eigenvalue weighted by Gasteiger charge is 2.46. The van der Waals surface area contributed by atoms with E-state index in [1.807, 2.05) is 0 Å². The summed E-state index contributed by atoms with van der Waals surface area (Å²) in [5, 5.41) is 11.1. The Balaban J connectivity index is 1.79. The predicted molar refractivity (Wildman–Crippen MR) is 121 cm³/mol. The summed E-state index contributed by atoms with van der Waals surface area (Å²) >= 11 is 0. The van der Waals surface area contributed by atoms with Crippen LogP contribution in [0, 0.1) is 5.82 Å². The van der Waals surface area contributed by atoms with Gasteiger partial charge in [-0.1, -0.05) is 30.9 Å². The van der Waals surface area contributed by atoms with Crippen molar-refractivity contribution in [2.75, 3.05) is 6.61 Å². The van der Waals surface area contributed by atoms with Crippen molar-refractivity contribution in [1.82, 2.24) is 9.88 Å². The second-order valence-electron chi connectivity index (χ2n) is 7.47. The zero-order valence-corrected chi connectivity index (χ0v) is 17.6. The number of nitrogens with zero attached hydrogens (tertiary/aromatic N) is 2. The molecule has 1 aliphatic rings. The Morgan fingerprint density at radius 2 is 1.94 bits per heavy atom. The highest BCUT2D eigenvalue weighted by atomic mass is 19.1. The van der Waals surface area contributed by atoms with Crippen LogP contribution in [0.25, 0.3) is 5.76 Å². The summed E-state index contributed by atoms with van der Waals surface area (Å²) in [6.45, 7) is 3.99. The minimum atomic E-state index is -0.961. The lowest BCUT2D eigenvalue weighted by Gasteiger charge is -2.25. The number of ketones is 1. The number of amides is 1. The van der Waals surface area contributed by atoms with E-state index in [9.17, 15) is 19.1 Å². The third kappa shape index (κ3) is 4.52. The summed E-state index contributed by atoms with van der Waals surface area (Å²) in [5.74, 6) is -1.90. The molecule has 0 radical (unpaired) electrons. The number of hydrogen-bond donors (Lipinski definition) is 1. The van der Waals surface area contributed by atoms with E-state index >= 15 is 0 Å². The van der Waals surface area contributed by atoms with Gasteiger partial charge in [-0.05, 0) is 53.6 Å². The van der Waals surface area contributed by atoms with E-state index in [2.05, 4.69) is 11.6 Å². The third-order valence-electron chi connectivity index (χ3n) is 5.28. The maximum Gasteiger partial charge on any atom is 0.295 e. The van der Waals surface area contributed by atoms with Crippen molar-refractivity contribution in [3.8, 4) is 5.75 Å². The fraction of sp³-hybridized carbons (Fsp3) is 0.115. The number of halogens is 1. The first-order valence-electron chi connectivity index (χ1n) is 10.3. The van der Waals surface area contributed by atoms with Crippen molar-refractivity contribution < 1.29 is 23.8 Å². The molecule has 1 aromatic heterocycles. The van der Waals surface area contributed by atoms with Crippen molar-refractivity contribution in [1.29, 1.82) is 0 Å². The number of ether oxygens (including phenoxy) is 1. The zero-order valence-electron chi connectivity index (χ0n) is 17.6. The molecule has 1 amide bonds. The standard InChI is InChI=1S/C26H21FN2O4/c1-2-13-33-21-10-8-18(9-11-21)24(30)22-23(19-6-3-7-20(27)14-19)29(26(32)25(22)31)16-17-5-4-12-28-15-17/h2-12,14-15,23,30H,1,13,16H2/t23-/m1/s1. The van der Waals surface area contributed by atoms with E-state index in [1.54, 1.807) is 60.9 Å². The van der Waals surface area contributed by atoms with Crippen molar-refractivity contribution in [2.24, 2.45) is 0 Å². The van der Waals surface area contributed by atoms with Gasteiger partial charge < -0.3 is 14.7 Å². The average molecular weight is 444 g/mol. The van der Waals surface area contributed by atoms with Crippen molar-refractivity contribution in [2.45, 2.75) is 12.6 Å². The van der Waals surface area contributed by atoms with Gasteiger partial charge in [-0.15, -0.1) is 0 Å². The summed E-state index contributed by atoms with van der Waals surface area (Å²) < 4.78 is 19.5. The predicted octanol–water partition coefficient (Wildman–Crippen LogP) is 4.41. The van der Waals surface area contributed by atoms with Gasteiger partial charge in [-0.25, -0.2) is 4.39 Å². The number of aromatic nitrogens is 1. The maximum absolute atomic E-state index is 14.1. The molecule has 1 aliphatic heterocycles. The van der Waals surface area contributed by atoms with Gasteiger partial charge in [0, 0.05) is 24.5 Å². The minimum Gasteiger partial charge on any atom is -0.507 e. The largest absolute Gasteiger partial charge is 0.507 e. The van der Waals surface area contributed by atoms with Crippen LogP contribution in [0.5, 0.6) is 5.75 Å². The second kappa shape index (κ2) is 9.48. The number of benzene rings is 2. The van der Waals surface area contributed by atoms with Crippen LogP contribution in [-0.2, 0) is 16.1 Å². The molecule has 3 aromatic rings. The Morgan fingerprint density at radius 3 is 2.61 bits per heavy atom. The summed E-state index contributed by atoms with van der Waals surface area (Å²) in [5.41, 5.74) is 1.31. The van der Waals surface area contributed by atoms with Gasteiger partial charge in [0.2, 0.25) is 0 Å². The lowest BCUT2D eigenvalue weighted by molar-refractivity contribution is -0.140. The van der Waals surface area contributed by atoms with Crippen LogP contribution in [0.4, 0.5) is 4.39 Å². The molecule has 1 atom stereocenters. The molecule has 0 spiro atoms. The van der Waals surface area contributed by atoms with E-state index in [-0.39, 0.29) is 17.9 Å². The lowest BCUT2D eigenvalue weighted by Crippen LogP contribution is -2.29. The Hall–Kier alpha value is -4.26. The minimum absolute atomic E-state index is 0.0741. The molecular formula is C26H21FN2O4. The Kier molecular flexibility index (Phi) is 6.31. The first kappa shape index (κ1) is 22.0. The SMILES string of the molecule is C=CCOc1ccc(C(O)=C2C(=O)C(=O)N(Cc3cccnc3)[C@@H]2c2cccc(F)c2)cc1. The molecule has 4 rings (SSSR count). The molecule has 6 nitrogen and oxygen atoms in total. The lowest BCUT2D eigenvalue weighted by atomic mass is 9.95. The summed E-state index contributed by atoms with van der Waals surface area (Å²) in [6, 6.07) is 14.6. The van der Waals surface area contributed by atoms with Crippen LogP contribution >= 0.6 is 0 Å². The number of hydrogen-bond acceptors (Lipinski definition) is 5. The first-order valence-corrected chi connectivity index (χ1v) is 10.3. The van der Waals surface area contributed by atoms with Crippen LogP contribution in [-0.4, -0.2) is 33.3 Å². The fourth-order valence-corrected chi connectivity index (χ4v) is 3.77. The number of aliphatic hydroxyl groups is 1. The molecular weight excluding hydrogens is 423 g/mol. The smallest absolute Gasteiger partial charge is 0.295 e. The van der Waals surface area contributed by atoms with Gasteiger partial charge >= 0.3 is 0 Å². The van der Waals surface area contributed by atoms with Gasteiger partial charge in [-0.2, -0.15) is 0 Å². The molecule has 1 saturated heterocycles. The van der Waals surface area contributed by atoms with Gasteiger partial charge in [-0.3, -0.25) is 14.6 Å². The van der Waals surface area contributed by atoms with Crippen LogP contribution in [0.15, 0.2) is 91.3 Å². The first-order chi connectivity index (χ1) is 16.0. The van der Waals surface area contributed by atoms with E-state index in [0.29, 0.717) is 29.0 Å². The molecule has 0 bridgehead atoms. The third-order valence-corrected chi connectivity index (χ3v) is 5.28. The van der Waals surface area contributed by atoms with Crippen molar-refractivity contribution in [3.05, 3.63) is 114 Å². The van der Waals surface area contributed by atoms with Crippen molar-refractivity contribution in [3.63, 3.8) is 0 Å². The summed E-state index contributed by atoms with van der Waals surface area (Å²) in [4.78, 5) is 31.4. The second-order valence-corrected chi connectivity index (χ2v) is 7.47. The Labute approximate surface area is 190 Å². The summed E-state index contributed by atoms with van der Waals surface area (Å²) in [7, 11) is 0. The molecule has 33 heavy (non-hydrogen) atoms. The number of carbonyl (C=O) groups is 2. The van der Waals surface area contributed by atoms with E-state index in [1.165, 1.54) is 23.1 Å². The van der Waals surface area contributed by atoms with Crippen LogP contribution in [0.3, 0.4) is 0 Å². The summed E-state index contributed by atoms with van der Waals surface area (Å²) in [6.07, 6.45) is 4.80. The average Bonchev–Trinajstić information content (AvgIpc) is 3.08. The molecule has 166 valence electrons. The van der Waals surface area contributed by atoms with Gasteiger partial charge in [0.1, 0.15) is 23.9 Å². The molecule has 1 fully saturated rings. The molecule has 0 unspecified atom stereocenters.